The van der Waals surface area contributed by atoms with E-state index in [-0.39, 0.29) is 18.4 Å². The number of piperidine rings is 1. The largest absolute Gasteiger partial charge is 0.481 e. The van der Waals surface area contributed by atoms with Gasteiger partial charge in [0.25, 0.3) is 0 Å². The number of carboxylic acid groups (broad SMARTS) is 1. The van der Waals surface area contributed by atoms with Crippen LogP contribution < -0.4 is 5.32 Å². The van der Waals surface area contributed by atoms with E-state index in [1.54, 1.807) is 0 Å². The van der Waals surface area contributed by atoms with Gasteiger partial charge in [-0.3, -0.25) is 19.6 Å². The molecule has 0 bridgehead atoms. The first-order chi connectivity index (χ1) is 21.9. The topological polar surface area (TPSA) is 100 Å². The number of ether oxygens (including phenoxy) is 2. The van der Waals surface area contributed by atoms with E-state index < -0.39 is 11.7 Å². The Hall–Kier alpha value is -3.63. The van der Waals surface area contributed by atoms with Crippen molar-refractivity contribution in [1.29, 1.82) is 0 Å². The molecule has 9 nitrogen and oxygen atoms in total. The number of pyridine rings is 2. The van der Waals surface area contributed by atoms with Crippen molar-refractivity contribution in [2.75, 3.05) is 51.3 Å². The Bertz CT molecular complexity index is 1550. The van der Waals surface area contributed by atoms with Gasteiger partial charge < -0.3 is 19.9 Å². The molecule has 2 fully saturated rings. The number of carboxylic acids is 1. The number of hydrogen-bond donors (Lipinski definition) is 2. The summed E-state index contributed by atoms with van der Waals surface area (Å²) >= 11 is 0. The first-order valence-corrected chi connectivity index (χ1v) is 16.3. The van der Waals surface area contributed by atoms with Gasteiger partial charge in [0.1, 0.15) is 5.52 Å². The minimum atomic E-state index is -0.835. The first-order valence-electron chi connectivity index (χ1n) is 16.3. The molecule has 0 saturated carbocycles. The van der Waals surface area contributed by atoms with Gasteiger partial charge in [0, 0.05) is 55.9 Å². The quantitative estimate of drug-likeness (QED) is 0.272. The Balaban J connectivity index is 1.27. The van der Waals surface area contributed by atoms with Crippen LogP contribution in [0, 0.1) is 12.8 Å². The Morgan fingerprint density at radius 2 is 2.00 bits per heavy atom. The summed E-state index contributed by atoms with van der Waals surface area (Å²) in [6.45, 7) is 10.7. The number of morpholine rings is 1. The molecule has 1 aliphatic carbocycles. The molecular formula is C36H45N5O4. The van der Waals surface area contributed by atoms with Crippen LogP contribution in [-0.4, -0.2) is 88.6 Å². The van der Waals surface area contributed by atoms with E-state index in [0.29, 0.717) is 19.0 Å². The average molecular weight is 612 g/mol. The van der Waals surface area contributed by atoms with Gasteiger partial charge in [-0.1, -0.05) is 49.8 Å². The van der Waals surface area contributed by atoms with Crippen LogP contribution in [-0.2, 0) is 20.8 Å². The van der Waals surface area contributed by atoms with Crippen LogP contribution in [0.4, 0.5) is 5.82 Å². The Labute approximate surface area is 265 Å². The van der Waals surface area contributed by atoms with Crippen LogP contribution in [0.15, 0.2) is 67.0 Å². The van der Waals surface area contributed by atoms with Gasteiger partial charge in [-0.25, -0.2) is 4.98 Å². The van der Waals surface area contributed by atoms with Crippen molar-refractivity contribution < 1.29 is 19.4 Å². The van der Waals surface area contributed by atoms with Crippen LogP contribution in [0.5, 0.6) is 0 Å². The zero-order valence-electron chi connectivity index (χ0n) is 26.5. The maximum absolute atomic E-state index is 11.5. The fourth-order valence-electron chi connectivity index (χ4n) is 6.97. The first kappa shape index (κ1) is 31.4. The smallest absolute Gasteiger partial charge is 0.304 e. The highest BCUT2D eigenvalue weighted by Crippen LogP contribution is 2.40. The molecule has 0 radical (unpaired) electrons. The van der Waals surface area contributed by atoms with Crippen molar-refractivity contribution in [1.82, 2.24) is 19.8 Å². The highest BCUT2D eigenvalue weighted by Gasteiger charge is 2.40. The summed E-state index contributed by atoms with van der Waals surface area (Å²) in [7, 11) is 0. The van der Waals surface area contributed by atoms with Crippen LogP contribution in [0.1, 0.15) is 49.3 Å². The number of hydrogen-bond acceptors (Lipinski definition) is 8. The average Bonchev–Trinajstić information content (AvgIpc) is 3.04. The molecule has 2 N–H and O–H groups in total. The van der Waals surface area contributed by atoms with Crippen molar-refractivity contribution in [2.24, 2.45) is 5.92 Å². The second-order valence-corrected chi connectivity index (χ2v) is 12.5. The molecule has 45 heavy (non-hydrogen) atoms. The maximum atomic E-state index is 11.5. The number of carbonyl (C=O) groups is 1. The molecule has 9 heteroatoms. The summed E-state index contributed by atoms with van der Waals surface area (Å²) in [5, 5.41) is 14.2. The summed E-state index contributed by atoms with van der Waals surface area (Å²) in [6, 6.07) is 12.7. The summed E-state index contributed by atoms with van der Waals surface area (Å²) in [5.74, 6) is -0.0811. The zero-order chi connectivity index (χ0) is 31.2. The molecule has 238 valence electrons. The fourth-order valence-corrected chi connectivity index (χ4v) is 6.97. The van der Waals surface area contributed by atoms with Crippen molar-refractivity contribution >= 4 is 28.3 Å². The van der Waals surface area contributed by atoms with Crippen molar-refractivity contribution in [3.8, 4) is 0 Å². The number of likely N-dealkylation sites (tertiary alicyclic amines) is 1. The Kier molecular flexibility index (Phi) is 9.90. The summed E-state index contributed by atoms with van der Waals surface area (Å²) in [4.78, 5) is 25.8. The number of rotatable bonds is 11. The van der Waals surface area contributed by atoms with Gasteiger partial charge >= 0.3 is 5.97 Å². The molecule has 0 spiro atoms. The van der Waals surface area contributed by atoms with Gasteiger partial charge in [0.2, 0.25) is 0 Å². The van der Waals surface area contributed by atoms with E-state index in [0.717, 1.165) is 75.1 Å². The van der Waals surface area contributed by atoms with Gasteiger partial charge in [0.15, 0.2) is 11.5 Å². The summed E-state index contributed by atoms with van der Waals surface area (Å²) in [5.41, 5.74) is 4.67. The number of aliphatic carboxylic acids is 1. The third-order valence-corrected chi connectivity index (χ3v) is 9.55. The normalized spacial score (nSPS) is 24.4. The molecule has 3 aliphatic rings. The number of nitrogens with zero attached hydrogens (tertiary/aromatic N) is 4. The van der Waals surface area contributed by atoms with Crippen molar-refractivity contribution in [2.45, 2.75) is 57.8 Å². The number of anilines is 1. The SMILES string of the molecule is Cc1ccccc1C1=CC=CC(Nc2nccc3cc(CN4CCCCC4CC(=O)O)cnc23)(OCCN2CCOCC2)C1C. The molecule has 3 atom stereocenters. The van der Waals surface area contributed by atoms with E-state index >= 15 is 0 Å². The Morgan fingerprint density at radius 3 is 2.82 bits per heavy atom. The van der Waals surface area contributed by atoms with E-state index in [9.17, 15) is 9.90 Å². The van der Waals surface area contributed by atoms with Crippen LogP contribution in [0.3, 0.4) is 0 Å². The number of benzene rings is 1. The minimum absolute atomic E-state index is 0.0186. The van der Waals surface area contributed by atoms with Gasteiger partial charge in [-0.2, -0.15) is 0 Å². The van der Waals surface area contributed by atoms with E-state index in [4.69, 9.17) is 19.4 Å². The van der Waals surface area contributed by atoms with Crippen LogP contribution in [0.2, 0.25) is 0 Å². The van der Waals surface area contributed by atoms with E-state index in [1.807, 2.05) is 18.5 Å². The third-order valence-electron chi connectivity index (χ3n) is 9.55. The molecule has 3 unspecified atom stereocenters. The second kappa shape index (κ2) is 14.2. The second-order valence-electron chi connectivity index (χ2n) is 12.5. The number of allylic oxidation sites excluding steroid dienone is 2. The lowest BCUT2D eigenvalue weighted by Crippen LogP contribution is -2.49. The van der Waals surface area contributed by atoms with Gasteiger partial charge in [-0.05, 0) is 66.8 Å². The fraction of sp³-hybridized carbons (Fsp3) is 0.472. The highest BCUT2D eigenvalue weighted by atomic mass is 16.5. The molecule has 1 aromatic carbocycles. The predicted octanol–water partition coefficient (Wildman–Crippen LogP) is 5.51. The van der Waals surface area contributed by atoms with E-state index in [1.165, 1.54) is 16.7 Å². The molecule has 4 heterocycles. The molecule has 0 amide bonds. The molecule has 2 aliphatic heterocycles. The predicted molar refractivity (Wildman–Crippen MR) is 177 cm³/mol. The third kappa shape index (κ3) is 7.28. The lowest BCUT2D eigenvalue weighted by Gasteiger charge is -2.41. The van der Waals surface area contributed by atoms with Crippen LogP contribution >= 0.6 is 0 Å². The standard InChI is InChI=1S/C36H45N5O4/c1-26-8-3-4-10-31(26)32-11-7-13-36(27(32)2,45-21-18-40-16-19-44-20-17-40)39-35-34-29(12-14-37-35)22-28(24-38-34)25-41-15-6-5-9-30(41)23-33(42)43/h3-4,7-8,10-14,22,24,27,30H,5-6,9,15-21,23,25H2,1-2H3,(H,37,39)(H,42,43). The van der Waals surface area contributed by atoms with Crippen molar-refractivity contribution in [3.05, 3.63) is 83.7 Å². The maximum Gasteiger partial charge on any atom is 0.304 e. The number of aryl methyl sites for hydroxylation is 1. The number of nitrogens with one attached hydrogen (secondary N) is 1. The van der Waals surface area contributed by atoms with E-state index in [2.05, 4.69) is 77.5 Å². The monoisotopic (exact) mass is 611 g/mol. The minimum Gasteiger partial charge on any atom is -0.481 e. The lowest BCUT2D eigenvalue weighted by molar-refractivity contribution is -0.138. The lowest BCUT2D eigenvalue weighted by atomic mass is 9.80. The van der Waals surface area contributed by atoms with Gasteiger partial charge in [-0.15, -0.1) is 0 Å². The van der Waals surface area contributed by atoms with Crippen molar-refractivity contribution in [3.63, 3.8) is 0 Å². The molecule has 2 saturated heterocycles. The van der Waals surface area contributed by atoms with Gasteiger partial charge in [0.05, 0.1) is 26.2 Å². The molecular weight excluding hydrogens is 566 g/mol. The molecule has 2 aromatic heterocycles. The molecule has 3 aromatic rings. The summed E-state index contributed by atoms with van der Waals surface area (Å²) < 4.78 is 12.4. The highest BCUT2D eigenvalue weighted by molar-refractivity contribution is 5.89. The Morgan fingerprint density at radius 1 is 1.16 bits per heavy atom. The number of aromatic nitrogens is 2. The molecule has 6 rings (SSSR count). The van der Waals surface area contributed by atoms with Crippen LogP contribution in [0.25, 0.3) is 16.5 Å². The zero-order valence-corrected chi connectivity index (χ0v) is 26.5. The summed E-state index contributed by atoms with van der Waals surface area (Å²) in [6.07, 6.45) is 13.4. The number of fused-ring (bicyclic) bond motifs is 1.